The van der Waals surface area contributed by atoms with Crippen LogP contribution in [0.4, 0.5) is 17.1 Å². The van der Waals surface area contributed by atoms with Crippen LogP contribution in [-0.2, 0) is 22.4 Å². The van der Waals surface area contributed by atoms with Crippen LogP contribution in [0.3, 0.4) is 0 Å². The van der Waals surface area contributed by atoms with Crippen LogP contribution in [0.25, 0.3) is 26.7 Å². The molecule has 0 atom stereocenters. The molecule has 5 nitrogen and oxygen atoms in total. The maximum atomic E-state index is 8.89. The molecule has 245 valence electrons. The fourth-order valence-electron chi connectivity index (χ4n) is 6.19. The van der Waals surface area contributed by atoms with Crippen LogP contribution in [0.5, 0.6) is 0 Å². The molecule has 1 aliphatic heterocycles. The third-order valence-corrected chi connectivity index (χ3v) is 8.60. The minimum absolute atomic E-state index is 0. The van der Waals surface area contributed by atoms with Crippen molar-refractivity contribution in [1.29, 1.82) is 5.26 Å². The molecule has 0 spiro atoms. The first kappa shape index (κ1) is 35.6. The Bertz CT molecular complexity index is 1790. The molecule has 0 amide bonds. The van der Waals surface area contributed by atoms with Gasteiger partial charge in [0.2, 0.25) is 0 Å². The Morgan fingerprint density at radius 1 is 0.660 bits per heavy atom. The first-order chi connectivity index (χ1) is 22.0. The molecule has 1 aromatic heterocycles. The molecule has 0 bridgehead atoms. The molecule has 2 heterocycles. The topological polar surface area (TPSA) is 48.7 Å². The summed E-state index contributed by atoms with van der Waals surface area (Å²) in [6, 6.07) is 26.5. The van der Waals surface area contributed by atoms with Crippen LogP contribution in [0.15, 0.2) is 85.2 Å². The van der Waals surface area contributed by atoms with Crippen molar-refractivity contribution in [2.24, 2.45) is 0 Å². The zero-order chi connectivity index (χ0) is 33.1. The van der Waals surface area contributed by atoms with Gasteiger partial charge in [0.25, 0.3) is 0 Å². The summed E-state index contributed by atoms with van der Waals surface area (Å²) >= 11 is 0. The molecule has 0 N–H and O–H groups in total. The number of hydrogen-bond acceptors (Lipinski definition) is 3. The van der Waals surface area contributed by atoms with Crippen LogP contribution in [0.2, 0.25) is 0 Å². The van der Waals surface area contributed by atoms with Crippen molar-refractivity contribution in [1.82, 2.24) is 4.98 Å². The van der Waals surface area contributed by atoms with Gasteiger partial charge in [0.15, 0.2) is 5.69 Å². The van der Waals surface area contributed by atoms with E-state index < -0.39 is 0 Å². The number of hydrogen-bond donors (Lipinski definition) is 0. The number of nitriles is 1. The van der Waals surface area contributed by atoms with Crippen LogP contribution >= 0.6 is 0 Å². The molecule has 1 radical (unpaired) electrons. The van der Waals surface area contributed by atoms with Gasteiger partial charge in [-0.25, -0.2) is 4.85 Å². The number of benzene rings is 4. The van der Waals surface area contributed by atoms with Gasteiger partial charge in [-0.1, -0.05) is 110 Å². The Balaban J connectivity index is 0.000000236. The van der Waals surface area contributed by atoms with Crippen LogP contribution in [-0.4, -0.2) is 0 Å². The molecule has 0 aliphatic carbocycles. The van der Waals surface area contributed by atoms with Crippen molar-refractivity contribution in [2.45, 2.75) is 79.1 Å². The monoisotopic (exact) mass is 802 g/mol. The second-order valence-electron chi connectivity index (χ2n) is 13.2. The molecule has 0 saturated carbocycles. The Morgan fingerprint density at radius 2 is 1.09 bits per heavy atom. The summed E-state index contributed by atoms with van der Waals surface area (Å²) in [5, 5.41) is 10.8. The van der Waals surface area contributed by atoms with Crippen molar-refractivity contribution in [2.75, 3.05) is 9.80 Å². The zero-order valence-electron chi connectivity index (χ0n) is 28.5. The summed E-state index contributed by atoms with van der Waals surface area (Å²) in [5.41, 5.74) is 11.2. The van der Waals surface area contributed by atoms with E-state index in [0.29, 0.717) is 34.9 Å². The SMILES string of the molecule is CC(C)c1cccc(C(C)C)c1N1C=CN(c2c(C(C)C)cccc2C(C)C)[CH-]1.[Au].[C-]#[N+]c1ccc2[n-]c3ccc(C#N)cc3c2c1. The minimum Gasteiger partial charge on any atom is -0.657 e. The number of aromatic nitrogens is 1. The van der Waals surface area contributed by atoms with Crippen molar-refractivity contribution >= 4 is 38.9 Å². The fraction of sp³-hybridized carbons (Fsp3) is 0.293. The second kappa shape index (κ2) is 15.1. The van der Waals surface area contributed by atoms with Gasteiger partial charge in [-0.3, -0.25) is 0 Å². The van der Waals surface area contributed by atoms with E-state index in [1.54, 1.807) is 12.1 Å². The quantitative estimate of drug-likeness (QED) is 0.127. The molecular formula is C41H43AuN5-2. The van der Waals surface area contributed by atoms with Gasteiger partial charge in [-0.15, -0.1) is 17.7 Å². The normalized spacial score (nSPS) is 12.6. The molecule has 5 aromatic rings. The van der Waals surface area contributed by atoms with Gasteiger partial charge in [-0.2, -0.15) is 5.26 Å². The summed E-state index contributed by atoms with van der Waals surface area (Å²) in [5.74, 6) is 1.92. The van der Waals surface area contributed by atoms with E-state index >= 15 is 0 Å². The van der Waals surface area contributed by atoms with Gasteiger partial charge in [0, 0.05) is 33.8 Å². The van der Waals surface area contributed by atoms with Crippen molar-refractivity contribution in [3.05, 3.63) is 131 Å². The molecule has 6 rings (SSSR count). The predicted molar refractivity (Wildman–Crippen MR) is 193 cm³/mol. The van der Waals surface area contributed by atoms with Crippen molar-refractivity contribution < 1.29 is 22.4 Å². The van der Waals surface area contributed by atoms with E-state index in [1.807, 2.05) is 24.3 Å². The van der Waals surface area contributed by atoms with Gasteiger partial charge < -0.3 is 14.8 Å². The number of anilines is 2. The molecule has 0 fully saturated rings. The Kier molecular flexibility index (Phi) is 11.4. The fourth-order valence-corrected chi connectivity index (χ4v) is 6.19. The molecule has 1 aliphatic rings. The van der Waals surface area contributed by atoms with Gasteiger partial charge in [0.05, 0.1) is 18.2 Å². The average molecular weight is 803 g/mol. The maximum absolute atomic E-state index is 8.89. The molecule has 0 unspecified atom stereocenters. The minimum atomic E-state index is 0. The van der Waals surface area contributed by atoms with Crippen LogP contribution in [0.1, 0.15) is 107 Å². The van der Waals surface area contributed by atoms with Gasteiger partial charge in [0.1, 0.15) is 0 Å². The smallest absolute Gasteiger partial charge is 0.187 e. The van der Waals surface area contributed by atoms with Crippen molar-refractivity contribution in [3.63, 3.8) is 0 Å². The summed E-state index contributed by atoms with van der Waals surface area (Å²) in [7, 11) is 0. The first-order valence-corrected chi connectivity index (χ1v) is 16.2. The summed E-state index contributed by atoms with van der Waals surface area (Å²) < 4.78 is 0. The molecule has 4 aromatic carbocycles. The third kappa shape index (κ3) is 7.34. The predicted octanol–water partition coefficient (Wildman–Crippen LogP) is 11.5. The maximum Gasteiger partial charge on any atom is 0.187 e. The van der Waals surface area contributed by atoms with E-state index in [9.17, 15) is 0 Å². The standard InChI is InChI=1S/C27H37N2.C14H6N3.Au/c1-18(2)22-11-9-12-23(19(3)4)26(22)28-15-16-29(17-28)27-24(20(5)6)13-10-14-25(27)21(7)8;1-16-10-3-5-14-12(7-10)11-6-9(8-15)2-4-13(11)17-14;/h9-21H,1-8H3;2-7H;/q2*-1;. The summed E-state index contributed by atoms with van der Waals surface area (Å²) in [6.07, 6.45) is 4.43. The summed E-state index contributed by atoms with van der Waals surface area (Å²) in [4.78, 5) is 12.5. The van der Waals surface area contributed by atoms with E-state index in [0.717, 1.165) is 21.8 Å². The molecule has 6 heteroatoms. The number of para-hydroxylation sites is 2. The number of rotatable bonds is 6. The summed E-state index contributed by atoms with van der Waals surface area (Å²) in [6.45, 7) is 27.5. The molecule has 0 saturated heterocycles. The van der Waals surface area contributed by atoms with E-state index in [-0.39, 0.29) is 22.4 Å². The van der Waals surface area contributed by atoms with Crippen LogP contribution in [0, 0.1) is 24.6 Å². The second-order valence-corrected chi connectivity index (χ2v) is 13.2. The Labute approximate surface area is 296 Å². The Morgan fingerprint density at radius 3 is 1.49 bits per heavy atom. The van der Waals surface area contributed by atoms with Gasteiger partial charge in [-0.05, 0) is 87.3 Å². The number of nitrogens with zero attached hydrogens (tertiary/aromatic N) is 5. The van der Waals surface area contributed by atoms with E-state index in [1.165, 1.54) is 33.6 Å². The average Bonchev–Trinajstić information content (AvgIpc) is 3.68. The molecule has 47 heavy (non-hydrogen) atoms. The van der Waals surface area contributed by atoms with Gasteiger partial charge >= 0.3 is 0 Å². The third-order valence-electron chi connectivity index (χ3n) is 8.60. The van der Waals surface area contributed by atoms with E-state index in [4.69, 9.17) is 11.8 Å². The number of fused-ring (bicyclic) bond motifs is 3. The van der Waals surface area contributed by atoms with Crippen LogP contribution < -0.4 is 14.8 Å². The van der Waals surface area contributed by atoms with E-state index in [2.05, 4.69) is 137 Å². The first-order valence-electron chi connectivity index (χ1n) is 16.2. The zero-order valence-corrected chi connectivity index (χ0v) is 30.7. The Hall–Kier alpha value is -4.26. The van der Waals surface area contributed by atoms with Crippen molar-refractivity contribution in [3.8, 4) is 6.07 Å². The molecular weight excluding hydrogens is 759 g/mol. The largest absolute Gasteiger partial charge is 0.657 e.